The van der Waals surface area contributed by atoms with Gasteiger partial charge in [-0.05, 0) is 73.7 Å². The summed E-state index contributed by atoms with van der Waals surface area (Å²) < 4.78 is 7.26. The second kappa shape index (κ2) is 4.47. The van der Waals surface area contributed by atoms with E-state index < -0.39 is 6.10 Å². The monoisotopic (exact) mass is 366 g/mol. The number of ether oxygens (including phenoxy) is 1. The lowest BCUT2D eigenvalue weighted by Gasteiger charge is -2.30. The molecular formula is C13H19IO2S. The fourth-order valence-electron chi connectivity index (χ4n) is 2.81. The molecule has 0 saturated carbocycles. The number of aliphatic hydroxyl groups is 1. The summed E-state index contributed by atoms with van der Waals surface area (Å²) in [4.78, 5) is 0. The summed E-state index contributed by atoms with van der Waals surface area (Å²) in [5.41, 5.74) is 0.619. The minimum atomic E-state index is -0.424. The number of hydrogen-bond donors (Lipinski definition) is 1. The highest BCUT2D eigenvalue weighted by molar-refractivity contribution is 14.1. The molecular weight excluding hydrogens is 347 g/mol. The summed E-state index contributed by atoms with van der Waals surface area (Å²) in [6.45, 7) is 8.34. The summed E-state index contributed by atoms with van der Waals surface area (Å²) in [6.07, 6.45) is 0.472. The van der Waals surface area contributed by atoms with Crippen molar-refractivity contribution in [3.05, 3.63) is 19.9 Å². The molecule has 2 unspecified atom stereocenters. The maximum atomic E-state index is 10.5. The summed E-state index contributed by atoms with van der Waals surface area (Å²) >= 11 is 3.97. The molecule has 17 heavy (non-hydrogen) atoms. The molecule has 2 rings (SSSR count). The molecule has 1 aromatic rings. The lowest BCUT2D eigenvalue weighted by atomic mass is 9.81. The summed E-state index contributed by atoms with van der Waals surface area (Å²) in [7, 11) is 0. The molecule has 4 heteroatoms. The minimum Gasteiger partial charge on any atom is -0.388 e. The van der Waals surface area contributed by atoms with Crippen LogP contribution in [0.1, 0.15) is 45.8 Å². The Kier molecular flexibility index (Phi) is 3.62. The van der Waals surface area contributed by atoms with Crippen molar-refractivity contribution < 1.29 is 9.84 Å². The van der Waals surface area contributed by atoms with Crippen LogP contribution in [0.25, 0.3) is 0 Å². The first kappa shape index (κ1) is 13.8. The van der Waals surface area contributed by atoms with Crippen molar-refractivity contribution in [2.75, 3.05) is 0 Å². The Balaban J connectivity index is 2.23. The van der Waals surface area contributed by atoms with Gasteiger partial charge in [0.15, 0.2) is 0 Å². The van der Waals surface area contributed by atoms with Gasteiger partial charge in [-0.25, -0.2) is 0 Å². The van der Waals surface area contributed by atoms with Gasteiger partial charge in [0.1, 0.15) is 0 Å². The maximum absolute atomic E-state index is 10.5. The quantitative estimate of drug-likeness (QED) is 0.803. The highest BCUT2D eigenvalue weighted by atomic mass is 127. The zero-order chi connectivity index (χ0) is 12.8. The van der Waals surface area contributed by atoms with Crippen molar-refractivity contribution in [2.24, 2.45) is 5.92 Å². The van der Waals surface area contributed by atoms with Crippen molar-refractivity contribution in [1.29, 1.82) is 0 Å². The molecule has 0 aromatic carbocycles. The van der Waals surface area contributed by atoms with E-state index in [2.05, 4.69) is 56.4 Å². The molecule has 0 amide bonds. The number of halogens is 1. The zero-order valence-electron chi connectivity index (χ0n) is 10.7. The van der Waals surface area contributed by atoms with Crippen LogP contribution in [0.2, 0.25) is 0 Å². The van der Waals surface area contributed by atoms with Crippen LogP contribution in [0.4, 0.5) is 0 Å². The molecule has 96 valence electrons. The highest BCUT2D eigenvalue weighted by Crippen LogP contribution is 2.48. The second-order valence-electron chi connectivity index (χ2n) is 5.90. The second-order valence-corrected chi connectivity index (χ2v) is 8.71. The number of hydrogen-bond acceptors (Lipinski definition) is 3. The van der Waals surface area contributed by atoms with Gasteiger partial charge in [-0.1, -0.05) is 0 Å². The topological polar surface area (TPSA) is 29.5 Å². The smallest absolute Gasteiger partial charge is 0.0855 e. The first-order chi connectivity index (χ1) is 7.71. The summed E-state index contributed by atoms with van der Waals surface area (Å²) in [5, 5.41) is 12.6. The molecule has 1 aliphatic rings. The van der Waals surface area contributed by atoms with Crippen molar-refractivity contribution in [3.63, 3.8) is 0 Å². The molecule has 0 aliphatic carbocycles. The van der Waals surface area contributed by atoms with Gasteiger partial charge in [0.2, 0.25) is 0 Å². The maximum Gasteiger partial charge on any atom is 0.0855 e. The third kappa shape index (κ3) is 2.85. The average molecular weight is 366 g/mol. The van der Waals surface area contributed by atoms with Gasteiger partial charge in [0.05, 0.1) is 20.2 Å². The Morgan fingerprint density at radius 3 is 2.53 bits per heavy atom. The molecule has 0 radical (unpaired) electrons. The predicted molar refractivity (Wildman–Crippen MR) is 79.3 cm³/mol. The number of aliphatic hydroxyl groups excluding tert-OH is 1. The molecule has 1 N–H and O–H groups in total. The van der Waals surface area contributed by atoms with Crippen molar-refractivity contribution in [2.45, 2.75) is 51.4 Å². The molecule has 1 saturated heterocycles. The van der Waals surface area contributed by atoms with Gasteiger partial charge in [-0.3, -0.25) is 0 Å². The number of thiophene rings is 1. The van der Waals surface area contributed by atoms with Crippen LogP contribution in [-0.4, -0.2) is 16.3 Å². The van der Waals surface area contributed by atoms with E-state index in [1.165, 1.54) is 2.88 Å². The van der Waals surface area contributed by atoms with Crippen LogP contribution in [0.15, 0.2) is 11.4 Å². The lowest BCUT2D eigenvalue weighted by molar-refractivity contribution is -0.0880. The van der Waals surface area contributed by atoms with Crippen LogP contribution in [0, 0.1) is 8.80 Å². The minimum absolute atomic E-state index is 0.141. The van der Waals surface area contributed by atoms with Crippen LogP contribution in [-0.2, 0) is 4.74 Å². The van der Waals surface area contributed by atoms with E-state index in [9.17, 15) is 5.11 Å². The van der Waals surface area contributed by atoms with E-state index in [-0.39, 0.29) is 17.1 Å². The van der Waals surface area contributed by atoms with Crippen LogP contribution in [0.5, 0.6) is 0 Å². The Morgan fingerprint density at radius 1 is 1.47 bits per heavy atom. The van der Waals surface area contributed by atoms with E-state index in [4.69, 9.17) is 4.74 Å². The van der Waals surface area contributed by atoms with Gasteiger partial charge in [-0.2, -0.15) is 0 Å². The zero-order valence-corrected chi connectivity index (χ0v) is 13.6. The van der Waals surface area contributed by atoms with Crippen molar-refractivity contribution in [3.8, 4) is 0 Å². The highest BCUT2D eigenvalue weighted by Gasteiger charge is 2.49. The molecule has 0 spiro atoms. The van der Waals surface area contributed by atoms with Crippen LogP contribution < -0.4 is 0 Å². The average Bonchev–Trinajstić information content (AvgIpc) is 2.66. The largest absolute Gasteiger partial charge is 0.388 e. The van der Waals surface area contributed by atoms with Gasteiger partial charge in [0, 0.05) is 5.92 Å². The third-order valence-electron chi connectivity index (χ3n) is 3.45. The van der Waals surface area contributed by atoms with E-state index >= 15 is 0 Å². The molecule has 2 atom stereocenters. The summed E-state index contributed by atoms with van der Waals surface area (Å²) in [6, 6.07) is 2.07. The van der Waals surface area contributed by atoms with E-state index in [1.54, 1.807) is 11.3 Å². The molecule has 2 nitrogen and oxygen atoms in total. The molecule has 2 heterocycles. The van der Waals surface area contributed by atoms with Crippen LogP contribution >= 0.6 is 33.9 Å². The molecule has 1 fully saturated rings. The lowest BCUT2D eigenvalue weighted by Crippen LogP contribution is -2.32. The normalized spacial score (nSPS) is 28.2. The Bertz CT molecular complexity index is 411. The van der Waals surface area contributed by atoms with Gasteiger partial charge >= 0.3 is 0 Å². The predicted octanol–water partition coefficient (Wildman–Crippen LogP) is 3.98. The molecule has 0 bridgehead atoms. The van der Waals surface area contributed by atoms with Crippen LogP contribution in [0.3, 0.4) is 0 Å². The van der Waals surface area contributed by atoms with E-state index in [1.807, 2.05) is 5.38 Å². The fraction of sp³-hybridized carbons (Fsp3) is 0.692. The van der Waals surface area contributed by atoms with Gasteiger partial charge in [-0.15, -0.1) is 11.3 Å². The Morgan fingerprint density at radius 2 is 2.12 bits per heavy atom. The van der Waals surface area contributed by atoms with Gasteiger partial charge in [0.25, 0.3) is 0 Å². The molecule has 1 aliphatic heterocycles. The molecule has 1 aromatic heterocycles. The standard InChI is InChI=1S/C13H19IO2S/c1-12(2)6-9(13(3,4)16-12)11(15)8-5-10(14)17-7-8/h5,7,9,11,15H,6H2,1-4H3. The first-order valence-electron chi connectivity index (χ1n) is 5.83. The van der Waals surface area contributed by atoms with E-state index in [0.717, 1.165) is 12.0 Å². The third-order valence-corrected chi connectivity index (χ3v) is 5.26. The van der Waals surface area contributed by atoms with E-state index in [0.29, 0.717) is 0 Å². The number of rotatable bonds is 2. The SMILES string of the molecule is CC1(C)CC(C(O)c2csc(I)c2)C(C)(C)O1. The summed E-state index contributed by atoms with van der Waals surface area (Å²) in [5.74, 6) is 0.155. The van der Waals surface area contributed by atoms with Crippen molar-refractivity contribution >= 4 is 33.9 Å². The van der Waals surface area contributed by atoms with Gasteiger partial charge < -0.3 is 9.84 Å². The Hall–Kier alpha value is 0.350. The fourth-order valence-corrected chi connectivity index (χ4v) is 4.21. The first-order valence-corrected chi connectivity index (χ1v) is 7.79. The Labute approximate surface area is 121 Å². The van der Waals surface area contributed by atoms with Crippen molar-refractivity contribution in [1.82, 2.24) is 0 Å².